The van der Waals surface area contributed by atoms with Gasteiger partial charge in [-0.05, 0) is 50.4 Å². The van der Waals surface area contributed by atoms with Gasteiger partial charge in [-0.25, -0.2) is 0 Å². The van der Waals surface area contributed by atoms with Gasteiger partial charge in [0.15, 0.2) is 0 Å². The Balaban J connectivity index is 1.82. The van der Waals surface area contributed by atoms with E-state index in [1.807, 2.05) is 0 Å². The van der Waals surface area contributed by atoms with E-state index in [4.69, 9.17) is 0 Å². The highest BCUT2D eigenvalue weighted by Crippen LogP contribution is 2.33. The van der Waals surface area contributed by atoms with E-state index in [2.05, 4.69) is 41.4 Å². The molecule has 0 amide bonds. The third-order valence-electron chi connectivity index (χ3n) is 4.53. The van der Waals surface area contributed by atoms with Crippen molar-refractivity contribution in [1.29, 1.82) is 0 Å². The summed E-state index contributed by atoms with van der Waals surface area (Å²) in [4.78, 5) is 2.60. The van der Waals surface area contributed by atoms with Gasteiger partial charge in [-0.3, -0.25) is 0 Å². The topological polar surface area (TPSA) is 15.3 Å². The van der Waals surface area contributed by atoms with Gasteiger partial charge < -0.3 is 10.2 Å². The van der Waals surface area contributed by atoms with Crippen LogP contribution < -0.4 is 10.2 Å². The van der Waals surface area contributed by atoms with Crippen LogP contribution in [0.5, 0.6) is 0 Å². The van der Waals surface area contributed by atoms with E-state index < -0.39 is 0 Å². The van der Waals surface area contributed by atoms with Gasteiger partial charge in [-0.2, -0.15) is 0 Å². The van der Waals surface area contributed by atoms with Gasteiger partial charge in [0.2, 0.25) is 0 Å². The number of aryl methyl sites for hydroxylation is 1. The second kappa shape index (κ2) is 4.93. The summed E-state index contributed by atoms with van der Waals surface area (Å²) in [5.41, 5.74) is 3.18. The molecule has 1 saturated heterocycles. The average Bonchev–Trinajstić information content (AvgIpc) is 2.70. The zero-order valence-electron chi connectivity index (χ0n) is 11.4. The summed E-state index contributed by atoms with van der Waals surface area (Å²) in [5, 5.41) is 3.83. The molecule has 18 heavy (non-hydrogen) atoms. The summed E-state index contributed by atoms with van der Waals surface area (Å²) >= 11 is 0. The van der Waals surface area contributed by atoms with E-state index in [0.29, 0.717) is 5.54 Å². The molecule has 0 atom stereocenters. The van der Waals surface area contributed by atoms with Gasteiger partial charge in [0, 0.05) is 24.3 Å². The van der Waals surface area contributed by atoms with Crippen molar-refractivity contribution in [3.8, 4) is 0 Å². The van der Waals surface area contributed by atoms with E-state index in [1.165, 1.54) is 63.0 Å². The standard InChI is InChI=1S/C16H24N2/c1-14-6-4-7-15(12-14)18-11-5-10-17-16(13-18)8-2-3-9-16/h4,6-7,12,17H,2-3,5,8-11,13H2,1H3. The molecule has 1 spiro atoms. The molecule has 2 heteroatoms. The molecule has 0 radical (unpaired) electrons. The zero-order chi connectivity index (χ0) is 12.4. The maximum Gasteiger partial charge on any atom is 0.0369 e. The molecular weight excluding hydrogens is 220 g/mol. The highest BCUT2D eigenvalue weighted by molar-refractivity contribution is 5.49. The highest BCUT2D eigenvalue weighted by atomic mass is 15.2. The van der Waals surface area contributed by atoms with Gasteiger partial charge in [0.1, 0.15) is 0 Å². The van der Waals surface area contributed by atoms with Crippen LogP contribution in [0.2, 0.25) is 0 Å². The average molecular weight is 244 g/mol. The lowest BCUT2D eigenvalue weighted by molar-refractivity contribution is 0.354. The Bertz CT molecular complexity index is 407. The first-order valence-corrected chi connectivity index (χ1v) is 7.34. The maximum absolute atomic E-state index is 3.83. The van der Waals surface area contributed by atoms with Gasteiger partial charge in [-0.1, -0.05) is 25.0 Å². The molecule has 0 aromatic heterocycles. The largest absolute Gasteiger partial charge is 0.370 e. The Morgan fingerprint density at radius 2 is 2.00 bits per heavy atom. The molecule has 1 aromatic carbocycles. The minimum absolute atomic E-state index is 0.403. The lowest BCUT2D eigenvalue weighted by Gasteiger charge is -2.34. The molecule has 1 aliphatic heterocycles. The van der Waals surface area contributed by atoms with Crippen LogP contribution in [-0.2, 0) is 0 Å². The van der Waals surface area contributed by atoms with E-state index in [1.54, 1.807) is 0 Å². The van der Waals surface area contributed by atoms with Gasteiger partial charge in [-0.15, -0.1) is 0 Å². The summed E-state index contributed by atoms with van der Waals surface area (Å²) in [7, 11) is 0. The Morgan fingerprint density at radius 1 is 1.17 bits per heavy atom. The number of hydrogen-bond donors (Lipinski definition) is 1. The predicted molar refractivity (Wildman–Crippen MR) is 77.2 cm³/mol. The molecule has 98 valence electrons. The Kier molecular flexibility index (Phi) is 3.29. The Labute approximate surface area is 110 Å². The predicted octanol–water partition coefficient (Wildman–Crippen LogP) is 3.11. The normalized spacial score (nSPS) is 23.3. The summed E-state index contributed by atoms with van der Waals surface area (Å²) in [6.45, 7) is 5.75. The molecule has 2 fully saturated rings. The van der Waals surface area contributed by atoms with Crippen LogP contribution in [0.25, 0.3) is 0 Å². The molecule has 1 aliphatic carbocycles. The number of hydrogen-bond acceptors (Lipinski definition) is 2. The number of anilines is 1. The van der Waals surface area contributed by atoms with Gasteiger partial charge in [0.25, 0.3) is 0 Å². The van der Waals surface area contributed by atoms with Crippen LogP contribution in [0.15, 0.2) is 24.3 Å². The zero-order valence-corrected chi connectivity index (χ0v) is 11.4. The molecule has 1 heterocycles. The van der Waals surface area contributed by atoms with Crippen LogP contribution in [0.3, 0.4) is 0 Å². The molecule has 2 aliphatic rings. The first-order valence-electron chi connectivity index (χ1n) is 7.34. The van der Waals surface area contributed by atoms with Crippen molar-refractivity contribution in [2.45, 2.75) is 44.6 Å². The third-order valence-corrected chi connectivity index (χ3v) is 4.53. The van der Waals surface area contributed by atoms with Crippen LogP contribution in [0, 0.1) is 6.92 Å². The van der Waals surface area contributed by atoms with Crippen molar-refractivity contribution in [2.75, 3.05) is 24.5 Å². The molecular formula is C16H24N2. The molecule has 0 unspecified atom stereocenters. The molecule has 1 N–H and O–H groups in total. The summed E-state index contributed by atoms with van der Waals surface area (Å²) < 4.78 is 0. The fraction of sp³-hybridized carbons (Fsp3) is 0.625. The van der Waals surface area contributed by atoms with E-state index in [0.717, 1.165) is 0 Å². The van der Waals surface area contributed by atoms with Crippen LogP contribution in [0.1, 0.15) is 37.7 Å². The number of rotatable bonds is 1. The summed E-state index contributed by atoms with van der Waals surface area (Å²) in [6, 6.07) is 8.96. The number of benzene rings is 1. The minimum atomic E-state index is 0.403. The van der Waals surface area contributed by atoms with E-state index in [-0.39, 0.29) is 0 Å². The lowest BCUT2D eigenvalue weighted by Crippen LogP contribution is -2.49. The first-order chi connectivity index (χ1) is 8.77. The quantitative estimate of drug-likeness (QED) is 0.816. The van der Waals surface area contributed by atoms with Crippen molar-refractivity contribution < 1.29 is 0 Å². The summed E-state index contributed by atoms with van der Waals surface area (Å²) in [6.07, 6.45) is 6.77. The minimum Gasteiger partial charge on any atom is -0.370 e. The van der Waals surface area contributed by atoms with Gasteiger partial charge >= 0.3 is 0 Å². The Morgan fingerprint density at radius 3 is 2.78 bits per heavy atom. The fourth-order valence-electron chi connectivity index (χ4n) is 3.56. The second-order valence-corrected chi connectivity index (χ2v) is 6.03. The van der Waals surface area contributed by atoms with Crippen LogP contribution >= 0.6 is 0 Å². The monoisotopic (exact) mass is 244 g/mol. The van der Waals surface area contributed by atoms with Crippen molar-refractivity contribution in [1.82, 2.24) is 5.32 Å². The summed E-state index contributed by atoms with van der Waals surface area (Å²) in [5.74, 6) is 0. The van der Waals surface area contributed by atoms with E-state index in [9.17, 15) is 0 Å². The van der Waals surface area contributed by atoms with E-state index >= 15 is 0 Å². The third kappa shape index (κ3) is 2.39. The molecule has 3 rings (SSSR count). The maximum atomic E-state index is 3.83. The van der Waals surface area contributed by atoms with Crippen LogP contribution in [0.4, 0.5) is 5.69 Å². The van der Waals surface area contributed by atoms with Crippen molar-refractivity contribution in [2.24, 2.45) is 0 Å². The van der Waals surface area contributed by atoms with Crippen molar-refractivity contribution in [3.05, 3.63) is 29.8 Å². The molecule has 2 nitrogen and oxygen atoms in total. The van der Waals surface area contributed by atoms with Crippen molar-refractivity contribution >= 4 is 5.69 Å². The molecule has 1 saturated carbocycles. The SMILES string of the molecule is Cc1cccc(N2CCCNC3(CCCC3)C2)c1. The fourth-order valence-corrected chi connectivity index (χ4v) is 3.56. The Hall–Kier alpha value is -1.02. The molecule has 1 aromatic rings. The number of nitrogens with one attached hydrogen (secondary N) is 1. The molecule has 0 bridgehead atoms. The second-order valence-electron chi connectivity index (χ2n) is 6.03. The lowest BCUT2D eigenvalue weighted by atomic mass is 9.97. The highest BCUT2D eigenvalue weighted by Gasteiger charge is 2.36. The smallest absolute Gasteiger partial charge is 0.0369 e. The van der Waals surface area contributed by atoms with Crippen molar-refractivity contribution in [3.63, 3.8) is 0 Å². The first kappa shape index (κ1) is 12.0. The van der Waals surface area contributed by atoms with Crippen LogP contribution in [-0.4, -0.2) is 25.2 Å². The van der Waals surface area contributed by atoms with Gasteiger partial charge in [0.05, 0.1) is 0 Å². The number of nitrogens with zero attached hydrogens (tertiary/aromatic N) is 1.